The molecule has 0 N–H and O–H groups in total. The minimum absolute atomic E-state index is 0.0396. The third kappa shape index (κ3) is 3.98. The van der Waals surface area contributed by atoms with Crippen LogP contribution in [0.4, 0.5) is 0 Å². The number of nitrogens with zero attached hydrogens (tertiary/aromatic N) is 1. The van der Waals surface area contributed by atoms with Crippen molar-refractivity contribution in [3.8, 4) is 0 Å². The molecule has 0 unspecified atom stereocenters. The standard InChI is InChI=1S/C11H19NO3/c1-11(2,3)15-10(13)8-4-6-9(12-14)7-5-8/h8-9H,4-7H2,1-3H3. The predicted octanol–water partition coefficient (Wildman–Crippen LogP) is 2.65. The van der Waals surface area contributed by atoms with Gasteiger partial charge in [0.2, 0.25) is 0 Å². The molecule has 1 saturated carbocycles. The molecule has 0 heterocycles. The molecule has 0 aromatic heterocycles. The Labute approximate surface area is 90.4 Å². The van der Waals surface area contributed by atoms with Gasteiger partial charge in [0.15, 0.2) is 0 Å². The van der Waals surface area contributed by atoms with E-state index >= 15 is 0 Å². The minimum atomic E-state index is -0.420. The van der Waals surface area contributed by atoms with E-state index in [4.69, 9.17) is 4.74 Å². The van der Waals surface area contributed by atoms with Gasteiger partial charge >= 0.3 is 5.97 Å². The fourth-order valence-corrected chi connectivity index (χ4v) is 1.80. The molecule has 0 saturated heterocycles. The van der Waals surface area contributed by atoms with Crippen LogP contribution in [-0.4, -0.2) is 17.6 Å². The molecule has 4 heteroatoms. The zero-order valence-corrected chi connectivity index (χ0v) is 9.66. The molecule has 1 aliphatic rings. The Hall–Kier alpha value is -0.930. The first-order valence-electron chi connectivity index (χ1n) is 5.47. The molecule has 0 aromatic rings. The molecular weight excluding hydrogens is 194 g/mol. The van der Waals surface area contributed by atoms with Crippen LogP contribution in [0, 0.1) is 10.8 Å². The van der Waals surface area contributed by atoms with Crippen LogP contribution in [0.2, 0.25) is 0 Å². The van der Waals surface area contributed by atoms with Crippen LogP contribution < -0.4 is 0 Å². The van der Waals surface area contributed by atoms with Crippen molar-refractivity contribution in [2.45, 2.75) is 58.1 Å². The van der Waals surface area contributed by atoms with Crippen molar-refractivity contribution in [1.29, 1.82) is 0 Å². The van der Waals surface area contributed by atoms with Gasteiger partial charge in [-0.2, -0.15) is 4.91 Å². The fraction of sp³-hybridized carbons (Fsp3) is 0.909. The van der Waals surface area contributed by atoms with Crippen molar-refractivity contribution >= 4 is 5.97 Å². The second kappa shape index (κ2) is 4.73. The maximum Gasteiger partial charge on any atom is 0.309 e. The molecule has 86 valence electrons. The van der Waals surface area contributed by atoms with Gasteiger partial charge in [0.05, 0.1) is 12.0 Å². The Morgan fingerprint density at radius 1 is 1.20 bits per heavy atom. The van der Waals surface area contributed by atoms with E-state index in [1.165, 1.54) is 0 Å². The summed E-state index contributed by atoms with van der Waals surface area (Å²) in [7, 11) is 0. The Morgan fingerprint density at radius 3 is 2.13 bits per heavy atom. The Bertz CT molecular complexity index is 237. The average molecular weight is 213 g/mol. The third-order valence-electron chi connectivity index (χ3n) is 2.59. The average Bonchev–Trinajstić information content (AvgIpc) is 2.15. The van der Waals surface area contributed by atoms with Gasteiger partial charge in [-0.3, -0.25) is 4.79 Å². The zero-order chi connectivity index (χ0) is 11.5. The maximum absolute atomic E-state index is 11.7. The normalized spacial score (nSPS) is 27.1. The van der Waals surface area contributed by atoms with E-state index in [1.807, 2.05) is 20.8 Å². The maximum atomic E-state index is 11.7. The highest BCUT2D eigenvalue weighted by molar-refractivity contribution is 5.73. The molecule has 0 amide bonds. The topological polar surface area (TPSA) is 55.7 Å². The largest absolute Gasteiger partial charge is 0.460 e. The molecule has 1 rings (SSSR count). The lowest BCUT2D eigenvalue weighted by Crippen LogP contribution is -2.31. The highest BCUT2D eigenvalue weighted by Gasteiger charge is 2.30. The number of rotatable bonds is 2. The summed E-state index contributed by atoms with van der Waals surface area (Å²) in [4.78, 5) is 22.0. The molecule has 1 fully saturated rings. The van der Waals surface area contributed by atoms with Crippen LogP contribution in [0.5, 0.6) is 0 Å². The number of esters is 1. The van der Waals surface area contributed by atoms with Crippen molar-refractivity contribution in [2.75, 3.05) is 0 Å². The number of hydrogen-bond acceptors (Lipinski definition) is 4. The van der Waals surface area contributed by atoms with Crippen LogP contribution in [0.1, 0.15) is 46.5 Å². The lowest BCUT2D eigenvalue weighted by Gasteiger charge is -2.27. The van der Waals surface area contributed by atoms with E-state index in [-0.39, 0.29) is 17.9 Å². The van der Waals surface area contributed by atoms with Gasteiger partial charge < -0.3 is 4.74 Å². The smallest absolute Gasteiger partial charge is 0.309 e. The lowest BCUT2D eigenvalue weighted by atomic mass is 9.86. The third-order valence-corrected chi connectivity index (χ3v) is 2.59. The molecule has 0 atom stereocenters. The molecule has 15 heavy (non-hydrogen) atoms. The molecule has 0 spiro atoms. The first-order chi connectivity index (χ1) is 6.92. The number of ether oxygens (including phenoxy) is 1. The zero-order valence-electron chi connectivity index (χ0n) is 9.66. The van der Waals surface area contributed by atoms with Gasteiger partial charge in [-0.25, -0.2) is 0 Å². The van der Waals surface area contributed by atoms with Gasteiger partial charge in [-0.05, 0) is 46.5 Å². The van der Waals surface area contributed by atoms with E-state index in [9.17, 15) is 9.70 Å². The summed E-state index contributed by atoms with van der Waals surface area (Å²) in [6, 6.07) is -0.0938. The molecule has 0 bridgehead atoms. The van der Waals surface area contributed by atoms with E-state index in [1.54, 1.807) is 0 Å². The fourth-order valence-electron chi connectivity index (χ4n) is 1.80. The quantitative estimate of drug-likeness (QED) is 0.523. The van der Waals surface area contributed by atoms with Crippen LogP contribution in [0.3, 0.4) is 0 Å². The summed E-state index contributed by atoms with van der Waals surface area (Å²) >= 11 is 0. The van der Waals surface area contributed by atoms with Gasteiger partial charge in [-0.15, -0.1) is 0 Å². The highest BCUT2D eigenvalue weighted by Crippen LogP contribution is 2.28. The van der Waals surface area contributed by atoms with E-state index < -0.39 is 5.60 Å². The summed E-state index contributed by atoms with van der Waals surface area (Å²) in [6.07, 6.45) is 2.89. The molecule has 0 aromatic carbocycles. The second-order valence-corrected chi connectivity index (χ2v) is 5.14. The van der Waals surface area contributed by atoms with Crippen LogP contribution in [0.15, 0.2) is 5.18 Å². The minimum Gasteiger partial charge on any atom is -0.460 e. The SMILES string of the molecule is CC(C)(C)OC(=O)C1CCC(N=O)CC1. The van der Waals surface area contributed by atoms with Crippen molar-refractivity contribution in [1.82, 2.24) is 0 Å². The van der Waals surface area contributed by atoms with Crippen molar-refractivity contribution in [3.63, 3.8) is 0 Å². The van der Waals surface area contributed by atoms with E-state index in [0.29, 0.717) is 12.8 Å². The summed E-state index contributed by atoms with van der Waals surface area (Å²) in [5, 5.41) is 3.01. The van der Waals surface area contributed by atoms with E-state index in [0.717, 1.165) is 12.8 Å². The number of carbonyl (C=O) groups excluding carboxylic acids is 1. The van der Waals surface area contributed by atoms with Crippen LogP contribution in [0.25, 0.3) is 0 Å². The van der Waals surface area contributed by atoms with Crippen LogP contribution in [-0.2, 0) is 9.53 Å². The van der Waals surface area contributed by atoms with Crippen molar-refractivity contribution in [3.05, 3.63) is 4.91 Å². The number of hydrogen-bond donors (Lipinski definition) is 0. The van der Waals surface area contributed by atoms with Gasteiger partial charge in [-0.1, -0.05) is 5.18 Å². The summed E-state index contributed by atoms with van der Waals surface area (Å²) < 4.78 is 5.30. The molecule has 1 aliphatic carbocycles. The van der Waals surface area contributed by atoms with Gasteiger partial charge in [0.25, 0.3) is 0 Å². The summed E-state index contributed by atoms with van der Waals surface area (Å²) in [5.74, 6) is -0.172. The highest BCUT2D eigenvalue weighted by atomic mass is 16.6. The van der Waals surface area contributed by atoms with Gasteiger partial charge in [0.1, 0.15) is 5.60 Å². The number of nitroso groups, excluding NO2 is 1. The monoisotopic (exact) mass is 213 g/mol. The van der Waals surface area contributed by atoms with Crippen molar-refractivity contribution in [2.24, 2.45) is 11.1 Å². The Kier molecular flexibility index (Phi) is 3.83. The van der Waals surface area contributed by atoms with Gasteiger partial charge in [0, 0.05) is 0 Å². The Balaban J connectivity index is 2.40. The summed E-state index contributed by atoms with van der Waals surface area (Å²) in [5.41, 5.74) is -0.420. The van der Waals surface area contributed by atoms with Crippen molar-refractivity contribution < 1.29 is 9.53 Å². The molecular formula is C11H19NO3. The lowest BCUT2D eigenvalue weighted by molar-refractivity contribution is -0.161. The second-order valence-electron chi connectivity index (χ2n) is 5.14. The molecule has 0 radical (unpaired) electrons. The van der Waals surface area contributed by atoms with E-state index in [2.05, 4.69) is 5.18 Å². The first kappa shape index (κ1) is 12.1. The first-order valence-corrected chi connectivity index (χ1v) is 5.47. The number of carbonyl (C=O) groups is 1. The predicted molar refractivity (Wildman–Crippen MR) is 57.4 cm³/mol. The molecule has 4 nitrogen and oxygen atoms in total. The Morgan fingerprint density at radius 2 is 1.73 bits per heavy atom. The molecule has 0 aliphatic heterocycles. The van der Waals surface area contributed by atoms with Crippen LogP contribution >= 0.6 is 0 Å². The summed E-state index contributed by atoms with van der Waals surface area (Å²) in [6.45, 7) is 5.59.